The Morgan fingerprint density at radius 3 is 1.22 bits per heavy atom. The Bertz CT molecular complexity index is 4660. The van der Waals surface area contributed by atoms with Crippen molar-refractivity contribution in [3.8, 4) is 74.0 Å². The van der Waals surface area contributed by atoms with Crippen molar-refractivity contribution >= 4 is 95.9 Å². The average molecular weight is 1140 g/mol. The molecule has 5 heterocycles. The van der Waals surface area contributed by atoms with Gasteiger partial charge in [0.15, 0.2) is 34.9 Å². The van der Waals surface area contributed by atoms with Crippen molar-refractivity contribution < 1.29 is 0 Å². The molecule has 0 amide bonds. The van der Waals surface area contributed by atoms with Crippen LogP contribution < -0.4 is 0 Å². The van der Waals surface area contributed by atoms with Crippen LogP contribution in [0.3, 0.4) is 0 Å². The first-order valence-corrected chi connectivity index (χ1v) is 29.1. The molecule has 0 saturated heterocycles. The zero-order chi connectivity index (χ0) is 54.1. The zero-order valence-corrected chi connectivity index (χ0v) is 46.7. The van der Waals surface area contributed by atoms with Gasteiger partial charge in [0.25, 0.3) is 0 Å². The number of fused-ring (bicyclic) bond motifs is 10. The minimum atomic E-state index is 0.655. The van der Waals surface area contributed by atoms with Crippen LogP contribution in [0, 0.1) is 0 Å². The molecule has 0 radical (unpaired) electrons. The second-order valence-corrected chi connectivity index (χ2v) is 22.6. The lowest BCUT2D eigenvalue weighted by Gasteiger charge is -2.10. The molecule has 1 aliphatic carbocycles. The molecular formula is C71H46BrN7S2. The quantitative estimate of drug-likeness (QED) is 0.158. The molecule has 10 aromatic carbocycles. The molecular weight excluding hydrogens is 1090 g/mol. The Balaban J connectivity index is 0.000000121. The molecule has 15 aromatic rings. The van der Waals surface area contributed by atoms with Gasteiger partial charge in [0.05, 0.1) is 5.52 Å². The van der Waals surface area contributed by atoms with E-state index in [1.54, 1.807) is 0 Å². The normalized spacial score (nSPS) is 11.7. The molecule has 5 aromatic heterocycles. The second kappa shape index (κ2) is 21.9. The lowest BCUT2D eigenvalue weighted by molar-refractivity contribution is 1.07. The molecule has 0 unspecified atom stereocenters. The molecule has 16 rings (SSSR count). The lowest BCUT2D eigenvalue weighted by atomic mass is 10.0. The van der Waals surface area contributed by atoms with Gasteiger partial charge in [-0.2, -0.15) is 0 Å². The van der Waals surface area contributed by atoms with Crippen molar-refractivity contribution in [1.29, 1.82) is 0 Å². The summed E-state index contributed by atoms with van der Waals surface area (Å²) in [4.78, 5) is 28.6. The molecule has 0 fully saturated rings. The van der Waals surface area contributed by atoms with E-state index in [9.17, 15) is 0 Å². The molecule has 0 bridgehead atoms. The maximum atomic E-state index is 4.88. The SMILES string of the molecule is Brc1ccc(-c2nc(-c3ccccc3)nc(-c3ccccc3)n2)cc1.C1=Cc2ccc3sc4ccccc4c3c2C1.c1ccc(-c2nc(-c3ccccc3)nc(-c3ccc(-n4ccc5ccc6sc7ccccc7c6c54)cc3)n2)cc1. The molecule has 384 valence electrons. The highest BCUT2D eigenvalue weighted by molar-refractivity contribution is 9.10. The summed E-state index contributed by atoms with van der Waals surface area (Å²) in [6.45, 7) is 0. The van der Waals surface area contributed by atoms with Crippen molar-refractivity contribution in [3.05, 3.63) is 277 Å². The van der Waals surface area contributed by atoms with Gasteiger partial charge in [0, 0.05) is 95.5 Å². The monoisotopic (exact) mass is 1140 g/mol. The van der Waals surface area contributed by atoms with E-state index < -0.39 is 0 Å². The Kier molecular flexibility index (Phi) is 13.4. The molecule has 0 aliphatic heterocycles. The summed E-state index contributed by atoms with van der Waals surface area (Å²) in [6.07, 6.45) is 7.75. The summed E-state index contributed by atoms with van der Waals surface area (Å²) in [7, 11) is 0. The third-order valence-electron chi connectivity index (χ3n) is 14.4. The fourth-order valence-electron chi connectivity index (χ4n) is 10.5. The maximum Gasteiger partial charge on any atom is 0.164 e. The van der Waals surface area contributed by atoms with E-state index in [-0.39, 0.29) is 0 Å². The molecule has 0 N–H and O–H groups in total. The van der Waals surface area contributed by atoms with Crippen molar-refractivity contribution in [2.75, 3.05) is 0 Å². The summed E-state index contributed by atoms with van der Waals surface area (Å²) in [5.74, 6) is 4.00. The van der Waals surface area contributed by atoms with E-state index in [2.05, 4.69) is 147 Å². The second-order valence-electron chi connectivity index (χ2n) is 19.5. The molecule has 10 heteroatoms. The Morgan fingerprint density at radius 2 is 0.741 bits per heavy atom. The van der Waals surface area contributed by atoms with Gasteiger partial charge in [-0.1, -0.05) is 210 Å². The van der Waals surface area contributed by atoms with Gasteiger partial charge in [0.2, 0.25) is 0 Å². The van der Waals surface area contributed by atoms with Gasteiger partial charge in [0.1, 0.15) is 0 Å². The van der Waals surface area contributed by atoms with Gasteiger partial charge >= 0.3 is 0 Å². The number of thiophene rings is 2. The maximum absolute atomic E-state index is 4.88. The third kappa shape index (κ3) is 10.0. The molecule has 7 nitrogen and oxygen atoms in total. The number of rotatable bonds is 7. The summed E-state index contributed by atoms with van der Waals surface area (Å²) >= 11 is 7.21. The van der Waals surface area contributed by atoms with E-state index in [1.165, 1.54) is 62.4 Å². The van der Waals surface area contributed by atoms with E-state index in [0.29, 0.717) is 34.9 Å². The van der Waals surface area contributed by atoms with Gasteiger partial charge in [-0.3, -0.25) is 0 Å². The lowest BCUT2D eigenvalue weighted by Crippen LogP contribution is -2.00. The standard InChI is InChI=1S/C35H22N4S.C21H14BrN3.C15H10S/c1-3-9-24(10-4-1)33-36-34(25-11-5-2-6-12-25)38-35(37-33)26-15-18-27(19-16-26)39-22-21-23-17-20-30-31(32(23)39)28-13-7-8-14-29(28)40-30;22-18-13-11-17(12-14-18)21-24-19(15-7-3-1-4-8-15)23-20(25-21)16-9-5-2-6-10-16;1-2-7-13-12(5-1)15-11-6-3-4-10(11)8-9-14(15)16-13/h1-22H;1-14H;1-5,7-9H,6H2. The van der Waals surface area contributed by atoms with Crippen molar-refractivity contribution in [2.45, 2.75) is 6.42 Å². The third-order valence-corrected chi connectivity index (χ3v) is 17.2. The van der Waals surface area contributed by atoms with Crippen LogP contribution in [0.1, 0.15) is 11.1 Å². The highest BCUT2D eigenvalue weighted by Gasteiger charge is 2.17. The topological polar surface area (TPSA) is 82.3 Å². The first-order valence-electron chi connectivity index (χ1n) is 26.7. The summed E-state index contributed by atoms with van der Waals surface area (Å²) in [6, 6.07) is 85.1. The smallest absolute Gasteiger partial charge is 0.164 e. The minimum absolute atomic E-state index is 0.655. The number of nitrogens with zero attached hydrogens (tertiary/aromatic N) is 7. The molecule has 1 aliphatic rings. The van der Waals surface area contributed by atoms with E-state index >= 15 is 0 Å². The van der Waals surface area contributed by atoms with Gasteiger partial charge in [-0.25, -0.2) is 29.9 Å². The van der Waals surface area contributed by atoms with E-state index in [0.717, 1.165) is 50.0 Å². The zero-order valence-electron chi connectivity index (χ0n) is 43.4. The molecule has 0 saturated carbocycles. The fourth-order valence-corrected chi connectivity index (χ4v) is 13.0. The Morgan fingerprint density at radius 1 is 0.346 bits per heavy atom. The molecule has 81 heavy (non-hydrogen) atoms. The van der Waals surface area contributed by atoms with Crippen molar-refractivity contribution in [2.24, 2.45) is 0 Å². The van der Waals surface area contributed by atoms with Crippen molar-refractivity contribution in [3.63, 3.8) is 0 Å². The molecule has 0 spiro atoms. The fraction of sp³-hybridized carbons (Fsp3) is 0.0141. The highest BCUT2D eigenvalue weighted by Crippen LogP contribution is 2.41. The van der Waals surface area contributed by atoms with Crippen LogP contribution in [-0.2, 0) is 6.42 Å². The number of aromatic nitrogens is 7. The van der Waals surface area contributed by atoms with Crippen LogP contribution >= 0.6 is 38.6 Å². The molecule has 0 atom stereocenters. The van der Waals surface area contributed by atoms with Crippen LogP contribution in [0.4, 0.5) is 0 Å². The van der Waals surface area contributed by atoms with Crippen LogP contribution in [0.15, 0.2) is 265 Å². The average Bonchev–Trinajstić information content (AvgIpc) is 4.43. The number of halogens is 1. The Hall–Kier alpha value is -9.58. The predicted octanol–water partition coefficient (Wildman–Crippen LogP) is 19.4. The van der Waals surface area contributed by atoms with Crippen molar-refractivity contribution in [1.82, 2.24) is 34.5 Å². The number of allylic oxidation sites excluding steroid dienone is 1. The van der Waals surface area contributed by atoms with E-state index in [1.807, 2.05) is 168 Å². The van der Waals surface area contributed by atoms with Gasteiger partial charge in [-0.15, -0.1) is 22.7 Å². The largest absolute Gasteiger partial charge is 0.316 e. The summed E-state index contributed by atoms with van der Waals surface area (Å²) in [5, 5.41) is 6.74. The van der Waals surface area contributed by atoms with E-state index in [4.69, 9.17) is 24.9 Å². The predicted molar refractivity (Wildman–Crippen MR) is 342 cm³/mol. The van der Waals surface area contributed by atoms with Crippen LogP contribution in [-0.4, -0.2) is 34.5 Å². The van der Waals surface area contributed by atoms with Gasteiger partial charge in [-0.05, 0) is 84.3 Å². The van der Waals surface area contributed by atoms with Crippen LogP contribution in [0.25, 0.3) is 131 Å². The first kappa shape index (κ1) is 49.7. The summed E-state index contributed by atoms with van der Waals surface area (Å²) in [5.41, 5.74) is 11.0. The van der Waals surface area contributed by atoms with Gasteiger partial charge < -0.3 is 4.57 Å². The minimum Gasteiger partial charge on any atom is -0.316 e. The number of benzene rings is 10. The van der Waals surface area contributed by atoms with Crippen LogP contribution in [0.2, 0.25) is 0 Å². The van der Waals surface area contributed by atoms with Crippen LogP contribution in [0.5, 0.6) is 0 Å². The highest BCUT2D eigenvalue weighted by atomic mass is 79.9. The number of hydrogen-bond donors (Lipinski definition) is 0. The Labute approximate surface area is 484 Å². The number of hydrogen-bond acceptors (Lipinski definition) is 8. The first-order chi connectivity index (χ1) is 40.0. The summed E-state index contributed by atoms with van der Waals surface area (Å²) < 4.78 is 8.75.